The highest BCUT2D eigenvalue weighted by atomic mass is 31.2. The summed E-state index contributed by atoms with van der Waals surface area (Å²) in [5.74, 6) is -0.894. The molecule has 306 valence electrons. The molecule has 10 heteroatoms. The van der Waals surface area contributed by atoms with Crippen molar-refractivity contribution in [1.29, 1.82) is 0 Å². The molecule has 0 fully saturated rings. The zero-order chi connectivity index (χ0) is 39.6. The molecule has 0 heterocycles. The molecule has 9 nitrogen and oxygen atoms in total. The van der Waals surface area contributed by atoms with Gasteiger partial charge in [0.2, 0.25) is 0 Å². The Morgan fingerprint density at radius 1 is 0.574 bits per heavy atom. The Bertz CT molecular complexity index is 1200. The number of phosphoric acid groups is 1. The first kappa shape index (κ1) is 50.9. The van der Waals surface area contributed by atoms with Crippen LogP contribution < -0.4 is 5.73 Å². The highest BCUT2D eigenvalue weighted by molar-refractivity contribution is 7.47. The number of ether oxygens (including phenoxy) is 2. The van der Waals surface area contributed by atoms with Crippen molar-refractivity contribution < 1.29 is 37.6 Å². The number of esters is 2. The van der Waals surface area contributed by atoms with Crippen molar-refractivity contribution in [2.75, 3.05) is 26.4 Å². The molecule has 0 spiro atoms. The molecule has 0 saturated heterocycles. The fourth-order valence-electron chi connectivity index (χ4n) is 4.83. The van der Waals surface area contributed by atoms with E-state index >= 15 is 0 Å². The van der Waals surface area contributed by atoms with Gasteiger partial charge in [-0.2, -0.15) is 0 Å². The number of nitrogens with two attached hydrogens (primary N) is 1. The SMILES string of the molecule is CC/C=C/C=C/C=C/CCCCCCCC(=O)OC(COC(=O)CCCCCC/C=C/C/C=C/C/C=C/C/C=C/C/C=C/CC)COP(=O)(O)OCCN. The lowest BCUT2D eigenvalue weighted by Gasteiger charge is -2.19. The van der Waals surface area contributed by atoms with Crippen LogP contribution in [0.1, 0.15) is 136 Å². The normalized spacial score (nSPS) is 14.4. The quantitative estimate of drug-likeness (QED) is 0.0210. The molecule has 0 bridgehead atoms. The van der Waals surface area contributed by atoms with Gasteiger partial charge in [0.25, 0.3) is 0 Å². The summed E-state index contributed by atoms with van der Waals surface area (Å²) in [7, 11) is -4.39. The second kappa shape index (κ2) is 39.6. The van der Waals surface area contributed by atoms with Gasteiger partial charge in [0.15, 0.2) is 6.10 Å². The van der Waals surface area contributed by atoms with Gasteiger partial charge in [0, 0.05) is 19.4 Å². The molecule has 0 aromatic rings. The number of carbonyl (C=O) groups is 2. The predicted octanol–water partition coefficient (Wildman–Crippen LogP) is 11.4. The molecule has 54 heavy (non-hydrogen) atoms. The zero-order valence-corrected chi connectivity index (χ0v) is 34.3. The van der Waals surface area contributed by atoms with Gasteiger partial charge in [-0.1, -0.05) is 143 Å². The topological polar surface area (TPSA) is 134 Å². The smallest absolute Gasteiger partial charge is 0.462 e. The Hall–Kier alpha value is -3.07. The molecule has 0 amide bonds. The van der Waals surface area contributed by atoms with Gasteiger partial charge in [-0.3, -0.25) is 18.6 Å². The molecule has 0 aliphatic carbocycles. The predicted molar refractivity (Wildman–Crippen MR) is 224 cm³/mol. The minimum atomic E-state index is -4.39. The van der Waals surface area contributed by atoms with E-state index in [0.29, 0.717) is 12.8 Å². The molecule has 0 saturated carbocycles. The Kier molecular flexibility index (Phi) is 37.4. The van der Waals surface area contributed by atoms with Crippen LogP contribution in [0.3, 0.4) is 0 Å². The van der Waals surface area contributed by atoms with E-state index in [1.807, 2.05) is 18.2 Å². The van der Waals surface area contributed by atoms with E-state index in [-0.39, 0.29) is 32.6 Å². The van der Waals surface area contributed by atoms with Crippen molar-refractivity contribution in [3.63, 3.8) is 0 Å². The van der Waals surface area contributed by atoms with E-state index in [4.69, 9.17) is 24.3 Å². The van der Waals surface area contributed by atoms with Gasteiger partial charge in [0.1, 0.15) is 6.61 Å². The average molecular weight is 774 g/mol. The Balaban J connectivity index is 4.27. The maximum absolute atomic E-state index is 12.5. The summed E-state index contributed by atoms with van der Waals surface area (Å²) in [5.41, 5.74) is 5.33. The molecule has 0 aromatic carbocycles. The minimum absolute atomic E-state index is 0.0400. The molecule has 0 aromatic heterocycles. The summed E-state index contributed by atoms with van der Waals surface area (Å²) in [6, 6.07) is 0. The zero-order valence-electron chi connectivity index (χ0n) is 33.4. The molecule has 2 unspecified atom stereocenters. The summed E-state index contributed by atoms with van der Waals surface area (Å²) >= 11 is 0. The van der Waals surface area contributed by atoms with E-state index in [0.717, 1.165) is 96.3 Å². The Morgan fingerprint density at radius 3 is 1.63 bits per heavy atom. The second-order valence-corrected chi connectivity index (χ2v) is 14.3. The third kappa shape index (κ3) is 38.6. The maximum Gasteiger partial charge on any atom is 0.472 e. The molecule has 2 atom stereocenters. The van der Waals surface area contributed by atoms with E-state index in [9.17, 15) is 19.0 Å². The lowest BCUT2D eigenvalue weighted by Crippen LogP contribution is -2.29. The van der Waals surface area contributed by atoms with Crippen LogP contribution in [0, 0.1) is 0 Å². The fourth-order valence-corrected chi connectivity index (χ4v) is 5.60. The average Bonchev–Trinajstić information content (AvgIpc) is 3.16. The number of hydrogen-bond acceptors (Lipinski definition) is 8. The van der Waals surface area contributed by atoms with Gasteiger partial charge >= 0.3 is 19.8 Å². The number of hydrogen-bond donors (Lipinski definition) is 2. The number of carbonyl (C=O) groups excluding carboxylic acids is 2. The van der Waals surface area contributed by atoms with Crippen molar-refractivity contribution in [3.8, 4) is 0 Å². The van der Waals surface area contributed by atoms with Gasteiger partial charge in [-0.15, -0.1) is 0 Å². The van der Waals surface area contributed by atoms with E-state index in [1.165, 1.54) is 0 Å². The standard InChI is InChI=1S/C44H72NO8P/c1-3-5-7-9-11-13-15-17-18-19-20-21-22-23-25-26-28-30-32-34-36-43(46)50-40-42(41-52-54(48,49)51-39-38-45)53-44(47)37-35-33-31-29-27-24-16-14-12-10-8-6-4-2/h5-8,10-14,16-18,20-21,23,25,42H,3-4,9,15,19,22,24,26-41,45H2,1-2H3,(H,48,49)/b7-5+,8-6+,12-10+,13-11+,16-14+,18-17+,21-20+,25-23+. The fraction of sp³-hybridized carbons (Fsp3) is 0.591. The number of allylic oxidation sites excluding steroid dienone is 16. The van der Waals surface area contributed by atoms with Crippen LogP contribution in [0.5, 0.6) is 0 Å². The first-order chi connectivity index (χ1) is 26.3. The van der Waals surface area contributed by atoms with Crippen molar-refractivity contribution in [2.24, 2.45) is 5.73 Å². The lowest BCUT2D eigenvalue weighted by atomic mass is 10.1. The van der Waals surface area contributed by atoms with Gasteiger partial charge < -0.3 is 20.1 Å². The Labute approximate surface area is 327 Å². The first-order valence-corrected chi connectivity index (χ1v) is 21.7. The van der Waals surface area contributed by atoms with Crippen molar-refractivity contribution in [1.82, 2.24) is 0 Å². The van der Waals surface area contributed by atoms with E-state index in [2.05, 4.69) is 92.8 Å². The van der Waals surface area contributed by atoms with Crippen LogP contribution >= 0.6 is 7.82 Å². The summed E-state index contributed by atoms with van der Waals surface area (Å²) in [6.07, 6.45) is 50.1. The molecular weight excluding hydrogens is 701 g/mol. The van der Waals surface area contributed by atoms with Gasteiger partial charge in [-0.05, 0) is 77.0 Å². The number of phosphoric ester groups is 1. The molecular formula is C44H72NO8P. The van der Waals surface area contributed by atoms with Crippen LogP contribution in [-0.2, 0) is 32.7 Å². The van der Waals surface area contributed by atoms with E-state index < -0.39 is 32.5 Å². The molecule has 0 aliphatic rings. The van der Waals surface area contributed by atoms with Crippen LogP contribution in [0.4, 0.5) is 0 Å². The van der Waals surface area contributed by atoms with Gasteiger partial charge in [0.05, 0.1) is 13.2 Å². The summed E-state index contributed by atoms with van der Waals surface area (Å²) in [6.45, 7) is 3.39. The Morgan fingerprint density at radius 2 is 1.06 bits per heavy atom. The number of rotatable bonds is 36. The molecule has 3 N–H and O–H groups in total. The second-order valence-electron chi connectivity index (χ2n) is 12.8. The highest BCUT2D eigenvalue weighted by Gasteiger charge is 2.25. The molecule has 0 aliphatic heterocycles. The summed E-state index contributed by atoms with van der Waals surface area (Å²) in [5, 5.41) is 0. The third-order valence-electron chi connectivity index (χ3n) is 7.78. The largest absolute Gasteiger partial charge is 0.472 e. The van der Waals surface area contributed by atoms with Crippen molar-refractivity contribution in [2.45, 2.75) is 142 Å². The molecule has 0 rings (SSSR count). The maximum atomic E-state index is 12.5. The summed E-state index contributed by atoms with van der Waals surface area (Å²) in [4.78, 5) is 34.8. The van der Waals surface area contributed by atoms with Gasteiger partial charge in [-0.25, -0.2) is 4.57 Å². The first-order valence-electron chi connectivity index (χ1n) is 20.2. The molecule has 0 radical (unpaired) electrons. The van der Waals surface area contributed by atoms with Crippen LogP contribution in [0.25, 0.3) is 0 Å². The lowest BCUT2D eigenvalue weighted by molar-refractivity contribution is -0.161. The number of unbranched alkanes of at least 4 members (excludes halogenated alkanes) is 9. The van der Waals surface area contributed by atoms with Crippen LogP contribution in [-0.4, -0.2) is 49.3 Å². The third-order valence-corrected chi connectivity index (χ3v) is 8.76. The summed E-state index contributed by atoms with van der Waals surface area (Å²) < 4.78 is 32.7. The van der Waals surface area contributed by atoms with Crippen LogP contribution in [0.2, 0.25) is 0 Å². The highest BCUT2D eigenvalue weighted by Crippen LogP contribution is 2.43. The van der Waals surface area contributed by atoms with Crippen LogP contribution in [0.15, 0.2) is 97.2 Å². The van der Waals surface area contributed by atoms with Crippen molar-refractivity contribution >= 4 is 19.8 Å². The van der Waals surface area contributed by atoms with E-state index in [1.54, 1.807) is 0 Å². The monoisotopic (exact) mass is 773 g/mol. The minimum Gasteiger partial charge on any atom is -0.462 e. The van der Waals surface area contributed by atoms with Crippen molar-refractivity contribution in [3.05, 3.63) is 97.2 Å².